The lowest BCUT2D eigenvalue weighted by molar-refractivity contribution is -0.141. The number of rotatable bonds is 10. The number of aliphatic imine (C=N–C) groups is 1. The number of alkyl halides is 3. The molecule has 2 N–H and O–H groups in total. The second kappa shape index (κ2) is 14.0. The zero-order valence-electron chi connectivity index (χ0n) is 15.4. The van der Waals surface area contributed by atoms with E-state index in [2.05, 4.69) is 25.3 Å². The lowest BCUT2D eigenvalue weighted by Gasteiger charge is -2.10. The molecule has 156 valence electrons. The van der Waals surface area contributed by atoms with Gasteiger partial charge in [0.15, 0.2) is 11.7 Å². The van der Waals surface area contributed by atoms with Gasteiger partial charge in [-0.1, -0.05) is 12.8 Å². The number of ether oxygens (including phenoxy) is 1. The minimum atomic E-state index is -4.42. The maximum Gasteiger partial charge on any atom is 0.434 e. The van der Waals surface area contributed by atoms with Crippen LogP contribution in [0.3, 0.4) is 0 Å². The molecule has 0 spiro atoms. The Bertz CT molecular complexity index is 582. The number of esters is 1. The van der Waals surface area contributed by atoms with E-state index < -0.39 is 11.9 Å². The van der Waals surface area contributed by atoms with Crippen molar-refractivity contribution >= 4 is 47.2 Å². The van der Waals surface area contributed by atoms with E-state index in [1.54, 1.807) is 0 Å². The van der Waals surface area contributed by atoms with Crippen molar-refractivity contribution < 1.29 is 22.7 Å². The first-order chi connectivity index (χ1) is 12.4. The van der Waals surface area contributed by atoms with Crippen LogP contribution in [0.5, 0.6) is 0 Å². The van der Waals surface area contributed by atoms with Crippen LogP contribution in [-0.4, -0.2) is 37.1 Å². The van der Waals surface area contributed by atoms with Gasteiger partial charge >= 0.3 is 12.1 Å². The Balaban J connectivity index is 0.00000676. The Morgan fingerprint density at radius 1 is 1.26 bits per heavy atom. The third kappa shape index (κ3) is 11.4. The lowest BCUT2D eigenvalue weighted by atomic mass is 10.1. The number of nitrogens with one attached hydrogen (secondary N) is 2. The van der Waals surface area contributed by atoms with Crippen LogP contribution < -0.4 is 10.6 Å². The first-order valence-corrected chi connectivity index (χ1v) is 9.35. The molecule has 0 aliphatic heterocycles. The number of unbranched alkanes of at least 4 members (excludes halogenated alkanes) is 3. The Morgan fingerprint density at radius 2 is 1.96 bits per heavy atom. The number of nitrogens with zero attached hydrogens (tertiary/aromatic N) is 2. The second-order valence-electron chi connectivity index (χ2n) is 5.49. The van der Waals surface area contributed by atoms with Crippen molar-refractivity contribution in [2.75, 3.05) is 20.2 Å². The van der Waals surface area contributed by atoms with Gasteiger partial charge in [-0.25, -0.2) is 9.98 Å². The fraction of sp³-hybridized carbons (Fsp3) is 0.688. The zero-order chi connectivity index (χ0) is 19.4. The van der Waals surface area contributed by atoms with Gasteiger partial charge < -0.3 is 15.4 Å². The van der Waals surface area contributed by atoms with Gasteiger partial charge in [0.1, 0.15) is 5.01 Å². The third-order valence-electron chi connectivity index (χ3n) is 3.39. The average molecular weight is 522 g/mol. The van der Waals surface area contributed by atoms with Gasteiger partial charge in [0.05, 0.1) is 13.7 Å². The molecule has 0 radical (unpaired) electrons. The van der Waals surface area contributed by atoms with Crippen LogP contribution in [0.25, 0.3) is 0 Å². The van der Waals surface area contributed by atoms with Crippen LogP contribution in [0.1, 0.15) is 49.7 Å². The number of methoxy groups -OCH3 is 1. The number of hydrogen-bond acceptors (Lipinski definition) is 5. The molecule has 0 aliphatic carbocycles. The van der Waals surface area contributed by atoms with Crippen LogP contribution in [0, 0.1) is 0 Å². The van der Waals surface area contributed by atoms with Gasteiger partial charge in [0, 0.05) is 24.9 Å². The van der Waals surface area contributed by atoms with Crippen LogP contribution >= 0.6 is 35.3 Å². The molecular weight excluding hydrogens is 496 g/mol. The maximum absolute atomic E-state index is 12.5. The van der Waals surface area contributed by atoms with E-state index in [1.165, 1.54) is 7.11 Å². The van der Waals surface area contributed by atoms with Gasteiger partial charge in [-0.2, -0.15) is 13.2 Å². The fourth-order valence-electron chi connectivity index (χ4n) is 2.06. The van der Waals surface area contributed by atoms with E-state index >= 15 is 0 Å². The van der Waals surface area contributed by atoms with Crippen molar-refractivity contribution in [2.45, 2.75) is 51.7 Å². The summed E-state index contributed by atoms with van der Waals surface area (Å²) in [4.78, 5) is 18.8. The number of aromatic nitrogens is 1. The van der Waals surface area contributed by atoms with Gasteiger partial charge in [-0.3, -0.25) is 4.79 Å². The highest BCUT2D eigenvalue weighted by atomic mass is 127. The third-order valence-corrected chi connectivity index (χ3v) is 4.22. The minimum absolute atomic E-state index is 0. The molecular formula is C16H26F3IN4O2S. The van der Waals surface area contributed by atoms with Gasteiger partial charge in [-0.15, -0.1) is 35.3 Å². The summed E-state index contributed by atoms with van der Waals surface area (Å²) in [5, 5.41) is 7.50. The SMILES string of the molecule is CCNC(=NCc1nc(C(F)(F)F)cs1)NCCCCCCC(=O)OC.I. The molecule has 0 fully saturated rings. The maximum atomic E-state index is 12.5. The van der Waals surface area contributed by atoms with E-state index in [0.29, 0.717) is 30.5 Å². The Labute approximate surface area is 178 Å². The zero-order valence-corrected chi connectivity index (χ0v) is 18.5. The number of carbonyl (C=O) groups excluding carboxylic acids is 1. The predicted octanol–water partition coefficient (Wildman–Crippen LogP) is 3.96. The van der Waals surface area contributed by atoms with E-state index in [4.69, 9.17) is 0 Å². The number of guanidine groups is 1. The molecule has 1 aromatic rings. The molecule has 0 atom stereocenters. The van der Waals surface area contributed by atoms with Gasteiger partial charge in [0.25, 0.3) is 0 Å². The summed E-state index contributed by atoms with van der Waals surface area (Å²) in [6.07, 6.45) is -0.390. The van der Waals surface area contributed by atoms with E-state index in [1.807, 2.05) is 6.92 Å². The molecule has 0 aromatic carbocycles. The summed E-state index contributed by atoms with van der Waals surface area (Å²) in [6, 6.07) is 0. The summed E-state index contributed by atoms with van der Waals surface area (Å²) >= 11 is 0.947. The number of hydrogen-bond donors (Lipinski definition) is 2. The van der Waals surface area contributed by atoms with Crippen LogP contribution in [0.4, 0.5) is 13.2 Å². The summed E-state index contributed by atoms with van der Waals surface area (Å²) in [5.74, 6) is 0.353. The molecule has 0 amide bonds. The molecule has 0 unspecified atom stereocenters. The van der Waals surface area contributed by atoms with Crippen LogP contribution in [0.2, 0.25) is 0 Å². The smallest absolute Gasteiger partial charge is 0.434 e. The normalized spacial score (nSPS) is 11.7. The standard InChI is InChI=1S/C16H25F3N4O2S.HI/c1-3-20-15(21-9-7-5-4-6-8-14(24)25-2)22-10-13-23-12(11-26-13)16(17,18)19;/h11H,3-10H2,1-2H3,(H2,20,21,22);1H. The topological polar surface area (TPSA) is 75.6 Å². The molecule has 0 bridgehead atoms. The van der Waals surface area contributed by atoms with Gasteiger partial charge in [0.2, 0.25) is 0 Å². The van der Waals surface area contributed by atoms with Crippen LogP contribution in [-0.2, 0) is 22.3 Å². The van der Waals surface area contributed by atoms with Crippen molar-refractivity contribution in [3.05, 3.63) is 16.1 Å². The lowest BCUT2D eigenvalue weighted by Crippen LogP contribution is -2.37. The van der Waals surface area contributed by atoms with E-state index in [9.17, 15) is 18.0 Å². The van der Waals surface area contributed by atoms with E-state index in [-0.39, 0.29) is 36.5 Å². The molecule has 1 aromatic heterocycles. The molecule has 27 heavy (non-hydrogen) atoms. The van der Waals surface area contributed by atoms with Crippen molar-refractivity contribution in [1.29, 1.82) is 0 Å². The van der Waals surface area contributed by atoms with Crippen molar-refractivity contribution in [3.63, 3.8) is 0 Å². The minimum Gasteiger partial charge on any atom is -0.469 e. The quantitative estimate of drug-likeness (QED) is 0.160. The number of carbonyl (C=O) groups is 1. The Kier molecular flexibility index (Phi) is 13.4. The Hall–Kier alpha value is -1.11. The molecule has 1 heterocycles. The first-order valence-electron chi connectivity index (χ1n) is 8.47. The highest BCUT2D eigenvalue weighted by Gasteiger charge is 2.33. The second-order valence-corrected chi connectivity index (χ2v) is 6.43. The molecule has 1 rings (SSSR count). The molecule has 0 saturated carbocycles. The Morgan fingerprint density at radius 3 is 2.56 bits per heavy atom. The summed E-state index contributed by atoms with van der Waals surface area (Å²) < 4.78 is 42.2. The molecule has 0 saturated heterocycles. The summed E-state index contributed by atoms with van der Waals surface area (Å²) in [5.41, 5.74) is -0.877. The number of halogens is 4. The monoisotopic (exact) mass is 522 g/mol. The summed E-state index contributed by atoms with van der Waals surface area (Å²) in [7, 11) is 1.38. The highest BCUT2D eigenvalue weighted by Crippen LogP contribution is 2.30. The van der Waals surface area contributed by atoms with Crippen LogP contribution in [0.15, 0.2) is 10.4 Å². The molecule has 11 heteroatoms. The van der Waals surface area contributed by atoms with Crippen molar-refractivity contribution in [3.8, 4) is 0 Å². The fourth-order valence-corrected chi connectivity index (χ4v) is 2.78. The summed E-state index contributed by atoms with van der Waals surface area (Å²) in [6.45, 7) is 3.34. The van der Waals surface area contributed by atoms with Gasteiger partial charge in [-0.05, 0) is 19.8 Å². The van der Waals surface area contributed by atoms with Crippen molar-refractivity contribution in [1.82, 2.24) is 15.6 Å². The largest absolute Gasteiger partial charge is 0.469 e. The number of thiazole rings is 1. The van der Waals surface area contributed by atoms with E-state index in [0.717, 1.165) is 42.4 Å². The average Bonchev–Trinajstić information content (AvgIpc) is 3.07. The highest BCUT2D eigenvalue weighted by molar-refractivity contribution is 14.0. The predicted molar refractivity (Wildman–Crippen MR) is 110 cm³/mol. The van der Waals surface area contributed by atoms with Crippen molar-refractivity contribution in [2.24, 2.45) is 4.99 Å². The first kappa shape index (κ1) is 25.9. The molecule has 0 aliphatic rings. The molecule has 6 nitrogen and oxygen atoms in total.